The molecular weight excluding hydrogens is 212 g/mol. The molecule has 1 aromatic rings. The van der Waals surface area contributed by atoms with Gasteiger partial charge in [0.1, 0.15) is 0 Å². The van der Waals surface area contributed by atoms with Crippen LogP contribution in [0.2, 0.25) is 0 Å². The zero-order chi connectivity index (χ0) is 10.6. The first-order valence-electron chi connectivity index (χ1n) is 4.81. The van der Waals surface area contributed by atoms with Crippen LogP contribution in [0.1, 0.15) is 28.5 Å². The molecule has 0 fully saturated rings. The molecule has 0 aromatic carbocycles. The van der Waals surface area contributed by atoms with E-state index in [1.807, 2.05) is 11.8 Å². The molecule has 14 heavy (non-hydrogen) atoms. The fraction of sp³-hybridized carbons (Fsp3) is 0.700. The molecule has 0 saturated heterocycles. The van der Waals surface area contributed by atoms with Crippen molar-refractivity contribution in [2.45, 2.75) is 26.8 Å². The third-order valence-electron chi connectivity index (χ3n) is 2.11. The van der Waals surface area contributed by atoms with Crippen molar-refractivity contribution < 1.29 is 0 Å². The van der Waals surface area contributed by atoms with E-state index in [-0.39, 0.29) is 0 Å². The molecule has 0 bridgehead atoms. The van der Waals surface area contributed by atoms with Crippen LogP contribution in [0, 0.1) is 13.8 Å². The standard InChI is InChI=1S/C10H18N2S2/c1-7(11-5-6-13-4)10-8(2)14-9(3)12-10/h7,11H,5-6H2,1-4H3. The molecule has 0 aliphatic rings. The Hall–Kier alpha value is -0.0600. The summed E-state index contributed by atoms with van der Waals surface area (Å²) in [5.74, 6) is 1.16. The van der Waals surface area contributed by atoms with E-state index in [1.165, 1.54) is 10.6 Å². The lowest BCUT2D eigenvalue weighted by Crippen LogP contribution is -2.22. The van der Waals surface area contributed by atoms with Crippen molar-refractivity contribution >= 4 is 23.1 Å². The summed E-state index contributed by atoms with van der Waals surface area (Å²) in [4.78, 5) is 5.88. The summed E-state index contributed by atoms with van der Waals surface area (Å²) in [5, 5.41) is 4.64. The minimum absolute atomic E-state index is 0.382. The van der Waals surface area contributed by atoms with Gasteiger partial charge in [-0.25, -0.2) is 4.98 Å². The van der Waals surface area contributed by atoms with Crippen molar-refractivity contribution in [2.75, 3.05) is 18.6 Å². The van der Waals surface area contributed by atoms with Gasteiger partial charge in [-0.2, -0.15) is 11.8 Å². The van der Waals surface area contributed by atoms with Crippen LogP contribution in [0.5, 0.6) is 0 Å². The van der Waals surface area contributed by atoms with Crippen LogP contribution in [-0.2, 0) is 0 Å². The number of thiazole rings is 1. The fourth-order valence-corrected chi connectivity index (χ4v) is 2.66. The highest BCUT2D eigenvalue weighted by Crippen LogP contribution is 2.22. The highest BCUT2D eigenvalue weighted by atomic mass is 32.2. The highest BCUT2D eigenvalue weighted by molar-refractivity contribution is 7.98. The van der Waals surface area contributed by atoms with Crippen molar-refractivity contribution in [2.24, 2.45) is 0 Å². The van der Waals surface area contributed by atoms with Gasteiger partial charge in [-0.05, 0) is 27.0 Å². The molecule has 4 heteroatoms. The summed E-state index contributed by atoms with van der Waals surface area (Å²) in [6.07, 6.45) is 2.13. The highest BCUT2D eigenvalue weighted by Gasteiger charge is 2.11. The average molecular weight is 230 g/mol. The van der Waals surface area contributed by atoms with Gasteiger partial charge < -0.3 is 5.32 Å². The van der Waals surface area contributed by atoms with Crippen LogP contribution in [0.4, 0.5) is 0 Å². The Labute approximate surface area is 94.5 Å². The summed E-state index contributed by atoms with van der Waals surface area (Å²) in [5.41, 5.74) is 1.22. The zero-order valence-electron chi connectivity index (χ0n) is 9.26. The van der Waals surface area contributed by atoms with Crippen LogP contribution >= 0.6 is 23.1 Å². The molecule has 1 rings (SSSR count). The number of aryl methyl sites for hydroxylation is 2. The molecule has 0 aliphatic heterocycles. The Morgan fingerprint density at radius 1 is 1.50 bits per heavy atom. The van der Waals surface area contributed by atoms with E-state index >= 15 is 0 Å². The second kappa shape index (κ2) is 5.73. The molecule has 0 aliphatic carbocycles. The van der Waals surface area contributed by atoms with E-state index in [4.69, 9.17) is 0 Å². The average Bonchev–Trinajstić information content (AvgIpc) is 2.45. The summed E-state index contributed by atoms with van der Waals surface area (Å²) < 4.78 is 0. The number of hydrogen-bond acceptors (Lipinski definition) is 4. The van der Waals surface area contributed by atoms with Crippen LogP contribution in [0.3, 0.4) is 0 Å². The van der Waals surface area contributed by atoms with E-state index < -0.39 is 0 Å². The minimum atomic E-state index is 0.382. The molecule has 1 unspecified atom stereocenters. The molecular formula is C10H18N2S2. The lowest BCUT2D eigenvalue weighted by Gasteiger charge is -2.11. The second-order valence-electron chi connectivity index (χ2n) is 3.34. The molecule has 1 atom stereocenters. The number of aromatic nitrogens is 1. The predicted molar refractivity (Wildman–Crippen MR) is 66.4 cm³/mol. The topological polar surface area (TPSA) is 24.9 Å². The molecule has 80 valence electrons. The number of hydrogen-bond donors (Lipinski definition) is 1. The number of thioether (sulfide) groups is 1. The number of nitrogens with one attached hydrogen (secondary N) is 1. The first-order chi connectivity index (χ1) is 6.65. The smallest absolute Gasteiger partial charge is 0.0900 e. The van der Waals surface area contributed by atoms with Crippen LogP contribution in [-0.4, -0.2) is 23.5 Å². The van der Waals surface area contributed by atoms with Crippen molar-refractivity contribution in [1.82, 2.24) is 10.3 Å². The van der Waals surface area contributed by atoms with Gasteiger partial charge in [-0.3, -0.25) is 0 Å². The Balaban J connectivity index is 2.51. The summed E-state index contributed by atoms with van der Waals surface area (Å²) >= 11 is 3.65. The monoisotopic (exact) mass is 230 g/mol. The number of nitrogens with zero attached hydrogens (tertiary/aromatic N) is 1. The maximum Gasteiger partial charge on any atom is 0.0900 e. The number of rotatable bonds is 5. The van der Waals surface area contributed by atoms with Gasteiger partial charge in [0.15, 0.2) is 0 Å². The van der Waals surface area contributed by atoms with E-state index in [0.29, 0.717) is 6.04 Å². The molecule has 0 radical (unpaired) electrons. The Bertz CT molecular complexity index is 284. The van der Waals surface area contributed by atoms with E-state index in [1.54, 1.807) is 11.3 Å². The van der Waals surface area contributed by atoms with E-state index in [2.05, 4.69) is 37.3 Å². The fourth-order valence-electron chi connectivity index (χ4n) is 1.42. The molecule has 1 heterocycles. The Kier molecular flexibility index (Phi) is 4.92. The van der Waals surface area contributed by atoms with Crippen molar-refractivity contribution in [3.05, 3.63) is 15.6 Å². The third-order valence-corrected chi connectivity index (χ3v) is 3.62. The van der Waals surface area contributed by atoms with Crippen LogP contribution in [0.15, 0.2) is 0 Å². The molecule has 1 aromatic heterocycles. The molecule has 0 amide bonds. The van der Waals surface area contributed by atoms with Gasteiger partial charge in [-0.15, -0.1) is 11.3 Å². The van der Waals surface area contributed by atoms with Crippen LogP contribution in [0.25, 0.3) is 0 Å². The first-order valence-corrected chi connectivity index (χ1v) is 7.02. The van der Waals surface area contributed by atoms with Gasteiger partial charge in [-0.1, -0.05) is 0 Å². The van der Waals surface area contributed by atoms with Gasteiger partial charge in [0.2, 0.25) is 0 Å². The van der Waals surface area contributed by atoms with Crippen molar-refractivity contribution in [3.8, 4) is 0 Å². The van der Waals surface area contributed by atoms with Gasteiger partial charge in [0.05, 0.1) is 10.7 Å². The molecule has 1 N–H and O–H groups in total. The Morgan fingerprint density at radius 3 is 2.71 bits per heavy atom. The van der Waals surface area contributed by atoms with Gasteiger partial charge in [0, 0.05) is 23.2 Å². The van der Waals surface area contributed by atoms with Crippen molar-refractivity contribution in [1.29, 1.82) is 0 Å². The van der Waals surface area contributed by atoms with Crippen LogP contribution < -0.4 is 5.32 Å². The van der Waals surface area contributed by atoms with Gasteiger partial charge >= 0.3 is 0 Å². The summed E-state index contributed by atoms with van der Waals surface area (Å²) in [6, 6.07) is 0.382. The maximum atomic E-state index is 4.54. The largest absolute Gasteiger partial charge is 0.308 e. The van der Waals surface area contributed by atoms with E-state index in [9.17, 15) is 0 Å². The zero-order valence-corrected chi connectivity index (χ0v) is 10.9. The van der Waals surface area contributed by atoms with Crippen molar-refractivity contribution in [3.63, 3.8) is 0 Å². The second-order valence-corrected chi connectivity index (χ2v) is 5.74. The third kappa shape index (κ3) is 3.26. The lowest BCUT2D eigenvalue weighted by atomic mass is 10.2. The molecule has 2 nitrogen and oxygen atoms in total. The first kappa shape index (κ1) is 12.0. The maximum absolute atomic E-state index is 4.54. The lowest BCUT2D eigenvalue weighted by molar-refractivity contribution is 0.586. The van der Waals surface area contributed by atoms with Gasteiger partial charge in [0.25, 0.3) is 0 Å². The predicted octanol–water partition coefficient (Wildman–Crippen LogP) is 2.77. The van der Waals surface area contributed by atoms with E-state index in [0.717, 1.165) is 17.3 Å². The quantitative estimate of drug-likeness (QED) is 0.787. The SMILES string of the molecule is CSCCNC(C)c1nc(C)sc1C. The Morgan fingerprint density at radius 2 is 2.21 bits per heavy atom. The summed E-state index contributed by atoms with van der Waals surface area (Å²) in [6.45, 7) is 7.45. The minimum Gasteiger partial charge on any atom is -0.308 e. The molecule has 0 spiro atoms. The summed E-state index contributed by atoms with van der Waals surface area (Å²) in [7, 11) is 0. The normalized spacial score (nSPS) is 13.1. The molecule has 0 saturated carbocycles.